The molecule has 4 aromatic rings. The van der Waals surface area contributed by atoms with E-state index < -0.39 is 35.8 Å². The first-order valence-corrected chi connectivity index (χ1v) is 19.8. The summed E-state index contributed by atoms with van der Waals surface area (Å²) < 4.78 is 16.5. The number of nitrogens with one attached hydrogen (secondary N) is 3. The van der Waals surface area contributed by atoms with Crippen molar-refractivity contribution in [2.24, 2.45) is 0 Å². The van der Waals surface area contributed by atoms with Crippen molar-refractivity contribution in [1.82, 2.24) is 20.9 Å². The van der Waals surface area contributed by atoms with E-state index in [0.717, 1.165) is 33.4 Å². The van der Waals surface area contributed by atoms with Gasteiger partial charge in [-0.1, -0.05) is 116 Å². The smallest absolute Gasteiger partial charge is 0.407 e. The minimum Gasteiger partial charge on any atom is -0.449 e. The predicted molar refractivity (Wildman–Crippen MR) is 221 cm³/mol. The molecule has 0 aliphatic heterocycles. The molecule has 4 amide bonds. The monoisotopic (exact) mass is 790 g/mol. The number of rotatable bonds is 18. The van der Waals surface area contributed by atoms with E-state index in [4.69, 9.17) is 14.2 Å². The molecule has 0 saturated heterocycles. The quantitative estimate of drug-likeness (QED) is 0.0867. The molecule has 0 radical (unpaired) electrons. The summed E-state index contributed by atoms with van der Waals surface area (Å²) in [5.41, 5.74) is 5.36. The fourth-order valence-corrected chi connectivity index (χ4v) is 6.94. The van der Waals surface area contributed by atoms with Crippen LogP contribution in [0, 0.1) is 0 Å². The molecule has 12 heteroatoms. The molecule has 2 atom stereocenters. The summed E-state index contributed by atoms with van der Waals surface area (Å²) in [7, 11) is 0. The van der Waals surface area contributed by atoms with Crippen molar-refractivity contribution in [3.05, 3.63) is 131 Å². The molecule has 0 heterocycles. The molecule has 0 aromatic heterocycles. The molecule has 0 spiro atoms. The predicted octanol–water partition coefficient (Wildman–Crippen LogP) is 7.72. The van der Waals surface area contributed by atoms with Gasteiger partial charge >= 0.3 is 18.3 Å². The van der Waals surface area contributed by atoms with Crippen LogP contribution in [0.3, 0.4) is 0 Å². The topological polar surface area (TPSA) is 152 Å². The number of ketones is 1. The van der Waals surface area contributed by atoms with Crippen molar-refractivity contribution in [1.29, 1.82) is 0 Å². The molecule has 3 N–H and O–H groups in total. The molecule has 306 valence electrons. The van der Waals surface area contributed by atoms with Gasteiger partial charge in [0, 0.05) is 37.9 Å². The zero-order chi connectivity index (χ0) is 41.5. The van der Waals surface area contributed by atoms with Gasteiger partial charge in [0.25, 0.3) is 0 Å². The van der Waals surface area contributed by atoms with Gasteiger partial charge in [0.2, 0.25) is 5.91 Å². The number of fused-ring (bicyclic) bond motifs is 3. The highest BCUT2D eigenvalue weighted by Gasteiger charge is 2.32. The van der Waals surface area contributed by atoms with Crippen molar-refractivity contribution in [3.8, 4) is 11.1 Å². The molecule has 1 aliphatic carbocycles. The van der Waals surface area contributed by atoms with Crippen LogP contribution in [0.15, 0.2) is 109 Å². The molecule has 5 rings (SSSR count). The van der Waals surface area contributed by atoms with Crippen molar-refractivity contribution in [2.75, 3.05) is 32.8 Å². The lowest BCUT2D eigenvalue weighted by molar-refractivity contribution is -0.134. The number of hydrogen-bond donors (Lipinski definition) is 3. The number of carbonyl (C=O) groups excluding carboxylic acids is 5. The third kappa shape index (κ3) is 12.7. The molecule has 12 nitrogen and oxygen atoms in total. The molecule has 1 aliphatic rings. The first kappa shape index (κ1) is 43.0. The number of ether oxygens (including phenoxy) is 3. The first-order valence-electron chi connectivity index (χ1n) is 19.8. The molecule has 0 saturated carbocycles. The maximum absolute atomic E-state index is 14.6. The van der Waals surface area contributed by atoms with Crippen LogP contribution in [0.1, 0.15) is 81.0 Å². The van der Waals surface area contributed by atoms with Crippen LogP contribution in [-0.4, -0.2) is 79.3 Å². The van der Waals surface area contributed by atoms with E-state index >= 15 is 0 Å². The van der Waals surface area contributed by atoms with Crippen molar-refractivity contribution < 1.29 is 38.2 Å². The summed E-state index contributed by atoms with van der Waals surface area (Å²) in [4.78, 5) is 67.7. The maximum Gasteiger partial charge on any atom is 0.407 e. The van der Waals surface area contributed by atoms with Crippen LogP contribution in [-0.2, 0) is 30.4 Å². The van der Waals surface area contributed by atoms with Gasteiger partial charge in [0.1, 0.15) is 24.9 Å². The molecular weight excluding hydrogens is 737 g/mol. The molecule has 0 fully saturated rings. The molecular formula is C46H54N4O8. The Labute approximate surface area is 340 Å². The van der Waals surface area contributed by atoms with Gasteiger partial charge in [-0.3, -0.25) is 9.59 Å². The summed E-state index contributed by atoms with van der Waals surface area (Å²) >= 11 is 0. The van der Waals surface area contributed by atoms with E-state index in [9.17, 15) is 24.0 Å². The number of Topliss-reactive ketones (excluding diaryl/α,β-unsaturated/α-hetero) is 1. The van der Waals surface area contributed by atoms with Gasteiger partial charge in [-0.2, -0.15) is 0 Å². The summed E-state index contributed by atoms with van der Waals surface area (Å²) in [6.07, 6.45) is -1.53. The van der Waals surface area contributed by atoms with E-state index in [1.54, 1.807) is 25.7 Å². The largest absolute Gasteiger partial charge is 0.449 e. The minimum atomic E-state index is -1.12. The first-order chi connectivity index (χ1) is 27.9. The van der Waals surface area contributed by atoms with Crippen LogP contribution in [0.2, 0.25) is 0 Å². The normalized spacial score (nSPS) is 12.9. The van der Waals surface area contributed by atoms with E-state index in [1.807, 2.05) is 116 Å². The second kappa shape index (κ2) is 20.8. The maximum atomic E-state index is 14.6. The summed E-state index contributed by atoms with van der Waals surface area (Å²) in [6, 6.07) is 33.8. The number of amides is 4. The highest BCUT2D eigenvalue weighted by molar-refractivity contribution is 5.88. The molecule has 0 bridgehead atoms. The summed E-state index contributed by atoms with van der Waals surface area (Å²) in [5.74, 6) is -1.03. The zero-order valence-electron chi connectivity index (χ0n) is 33.7. The zero-order valence-corrected chi connectivity index (χ0v) is 33.7. The van der Waals surface area contributed by atoms with Gasteiger partial charge in [-0.15, -0.1) is 0 Å². The SMILES string of the molecule is CC[C@H](CN(CCC(=O)CNC(=O)OCc1ccccc1)C(=O)[C@H](CCNC(=O)OC(C)(C)C)NC(=O)OCC1c2ccccc2-c2ccccc21)c1ccccc1. The van der Waals surface area contributed by atoms with Crippen LogP contribution in [0.4, 0.5) is 14.4 Å². The Bertz CT molecular complexity index is 1950. The third-order valence-electron chi connectivity index (χ3n) is 9.85. The highest BCUT2D eigenvalue weighted by atomic mass is 16.6. The lowest BCUT2D eigenvalue weighted by atomic mass is 9.95. The van der Waals surface area contributed by atoms with Crippen molar-refractivity contribution in [2.45, 2.75) is 77.0 Å². The Kier molecular flexibility index (Phi) is 15.4. The van der Waals surface area contributed by atoms with E-state index in [0.29, 0.717) is 6.42 Å². The summed E-state index contributed by atoms with van der Waals surface area (Å²) in [5, 5.41) is 7.95. The van der Waals surface area contributed by atoms with E-state index in [2.05, 4.69) is 16.0 Å². The fraction of sp³-hybridized carbons (Fsp3) is 0.370. The van der Waals surface area contributed by atoms with E-state index in [1.165, 1.54) is 0 Å². The summed E-state index contributed by atoms with van der Waals surface area (Å²) in [6.45, 7) is 7.35. The van der Waals surface area contributed by atoms with Gasteiger partial charge in [0.05, 0.1) is 6.54 Å². The van der Waals surface area contributed by atoms with Gasteiger partial charge in [-0.25, -0.2) is 14.4 Å². The second-order valence-corrected chi connectivity index (χ2v) is 15.2. The van der Waals surface area contributed by atoms with Gasteiger partial charge in [0.15, 0.2) is 5.78 Å². The number of benzene rings is 4. The van der Waals surface area contributed by atoms with Crippen molar-refractivity contribution >= 4 is 30.0 Å². The number of nitrogens with zero attached hydrogens (tertiary/aromatic N) is 1. The second-order valence-electron chi connectivity index (χ2n) is 15.2. The molecule has 0 unspecified atom stereocenters. The van der Waals surface area contributed by atoms with E-state index in [-0.39, 0.29) is 69.9 Å². The average Bonchev–Trinajstić information content (AvgIpc) is 3.54. The average molecular weight is 791 g/mol. The lowest BCUT2D eigenvalue weighted by Gasteiger charge is -2.31. The van der Waals surface area contributed by atoms with Crippen LogP contribution >= 0.6 is 0 Å². The van der Waals surface area contributed by atoms with Crippen LogP contribution < -0.4 is 16.0 Å². The van der Waals surface area contributed by atoms with Crippen molar-refractivity contribution in [3.63, 3.8) is 0 Å². The standard InChI is InChI=1S/C46H54N4O8/c1-5-33(34-18-10-7-11-19-34)29-50(27-25-35(51)28-48-43(53)56-30-32-16-8-6-9-17-32)42(52)41(24-26-47-44(54)58-46(2,3)4)49-45(55)57-31-40-38-22-14-12-20-36(38)37-21-13-15-23-39(37)40/h6-23,33,40-41H,5,24-31H2,1-4H3,(H,47,54)(H,48,53)(H,49,55)/t33-,41+/m1/s1. The van der Waals surface area contributed by atoms with Gasteiger partial charge < -0.3 is 35.1 Å². The molecule has 4 aromatic carbocycles. The van der Waals surface area contributed by atoms with Crippen LogP contribution in [0.25, 0.3) is 11.1 Å². The third-order valence-corrected chi connectivity index (χ3v) is 9.85. The number of hydrogen-bond acceptors (Lipinski definition) is 8. The number of carbonyl (C=O) groups is 5. The van der Waals surface area contributed by atoms with Gasteiger partial charge in [-0.05, 0) is 67.0 Å². The Balaban J connectivity index is 1.29. The lowest BCUT2D eigenvalue weighted by Crippen LogP contribution is -2.51. The Morgan fingerprint density at radius 2 is 1.33 bits per heavy atom. The minimum absolute atomic E-state index is 0.00660. The number of alkyl carbamates (subject to hydrolysis) is 3. The Morgan fingerprint density at radius 1 is 0.724 bits per heavy atom. The van der Waals surface area contributed by atoms with Crippen LogP contribution in [0.5, 0.6) is 0 Å². The Hall–Kier alpha value is -6.17. The fourth-order valence-electron chi connectivity index (χ4n) is 6.94. The highest BCUT2D eigenvalue weighted by Crippen LogP contribution is 2.44. The Morgan fingerprint density at radius 3 is 1.95 bits per heavy atom. The molecule has 58 heavy (non-hydrogen) atoms.